The molecule has 0 radical (unpaired) electrons. The zero-order chi connectivity index (χ0) is 15.3. The van der Waals surface area contributed by atoms with E-state index in [1.165, 1.54) is 10.4 Å². The van der Waals surface area contributed by atoms with Crippen LogP contribution in [0, 0.1) is 0 Å². The van der Waals surface area contributed by atoms with Gasteiger partial charge in [0.1, 0.15) is 5.60 Å². The van der Waals surface area contributed by atoms with Gasteiger partial charge in [0.2, 0.25) is 0 Å². The fourth-order valence-electron chi connectivity index (χ4n) is 3.43. The third-order valence-electron chi connectivity index (χ3n) is 4.15. The van der Waals surface area contributed by atoms with Crippen LogP contribution in [0.15, 0.2) is 11.4 Å². The second-order valence-electron chi connectivity index (χ2n) is 7.26. The van der Waals surface area contributed by atoms with E-state index in [2.05, 4.69) is 23.7 Å². The minimum Gasteiger partial charge on any atom is -0.444 e. The maximum Gasteiger partial charge on any atom is 0.410 e. The molecule has 2 atom stereocenters. The molecule has 0 aliphatic carbocycles. The summed E-state index contributed by atoms with van der Waals surface area (Å²) >= 11 is 1.81. The maximum absolute atomic E-state index is 12.3. The minimum absolute atomic E-state index is 0.0714. The Hall–Kier alpha value is -1.07. The highest BCUT2D eigenvalue weighted by atomic mass is 32.1. The molecule has 2 aliphatic rings. The lowest BCUT2D eigenvalue weighted by Gasteiger charge is -2.38. The van der Waals surface area contributed by atoms with Crippen LogP contribution in [0.5, 0.6) is 0 Å². The van der Waals surface area contributed by atoms with Crippen LogP contribution in [-0.2, 0) is 16.7 Å². The van der Waals surface area contributed by atoms with Crippen LogP contribution in [0.25, 0.3) is 0 Å². The maximum atomic E-state index is 12.3. The molecule has 21 heavy (non-hydrogen) atoms. The molecule has 0 bridgehead atoms. The van der Waals surface area contributed by atoms with Gasteiger partial charge >= 0.3 is 6.09 Å². The Bertz CT molecular complexity index is 549. The summed E-state index contributed by atoms with van der Waals surface area (Å²) in [5.41, 5.74) is 0.934. The van der Waals surface area contributed by atoms with E-state index in [1.54, 1.807) is 0 Å². The van der Waals surface area contributed by atoms with Gasteiger partial charge in [-0.3, -0.25) is 0 Å². The van der Waals surface area contributed by atoms with E-state index >= 15 is 0 Å². The van der Waals surface area contributed by atoms with E-state index in [0.29, 0.717) is 12.6 Å². The molecule has 1 amide bonds. The van der Waals surface area contributed by atoms with Gasteiger partial charge in [-0.25, -0.2) is 4.79 Å². The van der Waals surface area contributed by atoms with Crippen molar-refractivity contribution in [3.05, 3.63) is 21.9 Å². The van der Waals surface area contributed by atoms with Gasteiger partial charge in [-0.05, 0) is 57.5 Å². The van der Waals surface area contributed by atoms with E-state index in [-0.39, 0.29) is 11.6 Å². The number of fused-ring (bicyclic) bond motifs is 2. The first-order chi connectivity index (χ1) is 9.79. The topological polar surface area (TPSA) is 41.6 Å². The fourth-order valence-corrected chi connectivity index (χ4v) is 4.55. The van der Waals surface area contributed by atoms with Crippen LogP contribution in [0.3, 0.4) is 0 Å². The number of likely N-dealkylation sites (tertiary alicyclic amines) is 1. The molecule has 3 rings (SSSR count). The van der Waals surface area contributed by atoms with Gasteiger partial charge in [0.05, 0.1) is 5.54 Å². The second kappa shape index (κ2) is 4.99. The Labute approximate surface area is 130 Å². The lowest BCUT2D eigenvalue weighted by atomic mass is 9.86. The number of amides is 1. The van der Waals surface area contributed by atoms with Crippen LogP contribution in [-0.4, -0.2) is 35.7 Å². The molecule has 3 heterocycles. The lowest BCUT2D eigenvalue weighted by Crippen LogP contribution is -2.53. The highest BCUT2D eigenvalue weighted by Crippen LogP contribution is 2.41. The van der Waals surface area contributed by atoms with Crippen molar-refractivity contribution in [3.63, 3.8) is 0 Å². The van der Waals surface area contributed by atoms with E-state index < -0.39 is 5.60 Å². The van der Waals surface area contributed by atoms with Gasteiger partial charge in [-0.1, -0.05) is 0 Å². The Morgan fingerprint density at radius 1 is 1.52 bits per heavy atom. The summed E-state index contributed by atoms with van der Waals surface area (Å²) in [6.07, 6.45) is 1.84. The average molecular weight is 308 g/mol. The highest BCUT2D eigenvalue weighted by Gasteiger charge is 2.46. The monoisotopic (exact) mass is 308 g/mol. The van der Waals surface area contributed by atoms with Crippen LogP contribution < -0.4 is 5.32 Å². The van der Waals surface area contributed by atoms with Crippen molar-refractivity contribution in [1.29, 1.82) is 0 Å². The smallest absolute Gasteiger partial charge is 0.410 e. The molecule has 0 unspecified atom stereocenters. The van der Waals surface area contributed by atoms with E-state index in [0.717, 1.165) is 19.4 Å². The van der Waals surface area contributed by atoms with E-state index in [9.17, 15) is 4.79 Å². The van der Waals surface area contributed by atoms with Crippen molar-refractivity contribution >= 4 is 17.4 Å². The number of hydrogen-bond donors (Lipinski definition) is 1. The van der Waals surface area contributed by atoms with Crippen LogP contribution >= 0.6 is 11.3 Å². The molecule has 2 aliphatic heterocycles. The standard InChI is InChI=1S/C16H24N2O2S/c1-11-9-12-5-8-21-13(12)16(17-11)6-7-18(10-16)14(19)20-15(2,3)4/h5,8,11,17H,6-7,9-10H2,1-4H3/t11-,16+/m0/s1. The Kier molecular flexibility index (Phi) is 3.53. The van der Waals surface area contributed by atoms with Gasteiger partial charge in [-0.2, -0.15) is 0 Å². The van der Waals surface area contributed by atoms with E-state index in [4.69, 9.17) is 4.74 Å². The van der Waals surface area contributed by atoms with Crippen molar-refractivity contribution in [2.75, 3.05) is 13.1 Å². The number of hydrogen-bond acceptors (Lipinski definition) is 4. The van der Waals surface area contributed by atoms with Crippen LogP contribution in [0.1, 0.15) is 44.6 Å². The lowest BCUT2D eigenvalue weighted by molar-refractivity contribution is 0.0277. The number of nitrogens with zero attached hydrogens (tertiary/aromatic N) is 1. The molecule has 1 aromatic heterocycles. The van der Waals surface area contributed by atoms with Crippen molar-refractivity contribution in [2.24, 2.45) is 0 Å². The minimum atomic E-state index is -0.436. The number of thiophene rings is 1. The third-order valence-corrected chi connectivity index (χ3v) is 5.31. The summed E-state index contributed by atoms with van der Waals surface area (Å²) in [5, 5.41) is 5.91. The third kappa shape index (κ3) is 2.81. The molecule has 0 aromatic carbocycles. The SMILES string of the molecule is C[C@H]1Cc2ccsc2[C@]2(CCN(C(=O)OC(C)(C)C)C2)N1. The molecule has 0 saturated carbocycles. The summed E-state index contributed by atoms with van der Waals surface area (Å²) in [6.45, 7) is 9.42. The molecule has 1 spiro atoms. The zero-order valence-corrected chi connectivity index (χ0v) is 14.0. The number of carbonyl (C=O) groups is 1. The summed E-state index contributed by atoms with van der Waals surface area (Å²) in [7, 11) is 0. The van der Waals surface area contributed by atoms with Gasteiger partial charge in [-0.15, -0.1) is 11.3 Å². The highest BCUT2D eigenvalue weighted by molar-refractivity contribution is 7.10. The Morgan fingerprint density at radius 3 is 3.00 bits per heavy atom. The van der Waals surface area contributed by atoms with E-state index in [1.807, 2.05) is 37.0 Å². The van der Waals surface area contributed by atoms with Gasteiger partial charge < -0.3 is 15.0 Å². The van der Waals surface area contributed by atoms with Crippen molar-refractivity contribution in [3.8, 4) is 0 Å². The van der Waals surface area contributed by atoms with Gasteiger partial charge in [0.25, 0.3) is 0 Å². The number of nitrogens with one attached hydrogen (secondary N) is 1. The molecular formula is C16H24N2O2S. The molecule has 4 nitrogen and oxygen atoms in total. The largest absolute Gasteiger partial charge is 0.444 e. The predicted molar refractivity (Wildman–Crippen MR) is 84.7 cm³/mol. The molecule has 1 fully saturated rings. The van der Waals surface area contributed by atoms with Gasteiger partial charge in [0.15, 0.2) is 0 Å². The van der Waals surface area contributed by atoms with Crippen molar-refractivity contribution in [1.82, 2.24) is 10.2 Å². The second-order valence-corrected chi connectivity index (χ2v) is 8.17. The van der Waals surface area contributed by atoms with Crippen molar-refractivity contribution in [2.45, 2.75) is 57.7 Å². The molecule has 5 heteroatoms. The average Bonchev–Trinajstić information content (AvgIpc) is 2.94. The Morgan fingerprint density at radius 2 is 2.29 bits per heavy atom. The fraction of sp³-hybridized carbons (Fsp3) is 0.688. The van der Waals surface area contributed by atoms with Crippen LogP contribution in [0.4, 0.5) is 4.79 Å². The van der Waals surface area contributed by atoms with Gasteiger partial charge in [0, 0.05) is 24.0 Å². The predicted octanol–water partition coefficient (Wildman–Crippen LogP) is 3.12. The first-order valence-electron chi connectivity index (χ1n) is 7.62. The summed E-state index contributed by atoms with van der Waals surface area (Å²) in [6, 6.07) is 2.68. The normalized spacial score (nSPS) is 28.8. The summed E-state index contributed by atoms with van der Waals surface area (Å²) in [4.78, 5) is 15.6. The zero-order valence-electron chi connectivity index (χ0n) is 13.2. The number of carbonyl (C=O) groups excluding carboxylic acids is 1. The quantitative estimate of drug-likeness (QED) is 0.800. The summed E-state index contributed by atoms with van der Waals surface area (Å²) in [5.74, 6) is 0. The van der Waals surface area contributed by atoms with Crippen molar-refractivity contribution < 1.29 is 9.53 Å². The Balaban J connectivity index is 1.79. The molecule has 1 aromatic rings. The molecule has 1 saturated heterocycles. The first kappa shape index (κ1) is 14.9. The molecule has 1 N–H and O–H groups in total. The first-order valence-corrected chi connectivity index (χ1v) is 8.49. The number of rotatable bonds is 0. The molecule has 116 valence electrons. The molecular weight excluding hydrogens is 284 g/mol. The number of ether oxygens (including phenoxy) is 1. The summed E-state index contributed by atoms with van der Waals surface area (Å²) < 4.78 is 5.51. The van der Waals surface area contributed by atoms with Crippen LogP contribution in [0.2, 0.25) is 0 Å².